The van der Waals surface area contributed by atoms with Crippen molar-refractivity contribution in [3.63, 3.8) is 0 Å². The molecule has 0 saturated heterocycles. The smallest absolute Gasteiger partial charge is 0.251 e. The van der Waals surface area contributed by atoms with E-state index in [1.807, 2.05) is 37.3 Å². The largest absolute Gasteiger partial charge is 0.383 e. The minimum atomic E-state index is -3.46. The summed E-state index contributed by atoms with van der Waals surface area (Å²) >= 11 is 0. The minimum absolute atomic E-state index is 0.113. The molecular weight excluding hydrogens is 352 g/mol. The summed E-state index contributed by atoms with van der Waals surface area (Å²) in [6, 6.07) is 15.8. The molecule has 6 nitrogen and oxygen atoms in total. The highest BCUT2D eigenvalue weighted by Crippen LogP contribution is 2.21. The van der Waals surface area contributed by atoms with Crippen LogP contribution in [0.4, 0.5) is 5.69 Å². The van der Waals surface area contributed by atoms with Crippen molar-refractivity contribution in [3.8, 4) is 0 Å². The monoisotopic (exact) mass is 376 g/mol. The van der Waals surface area contributed by atoms with Gasteiger partial charge >= 0.3 is 0 Å². The number of carbonyl (C=O) groups is 1. The van der Waals surface area contributed by atoms with Gasteiger partial charge in [0, 0.05) is 18.7 Å². The first-order valence-electron chi connectivity index (χ1n) is 8.22. The molecule has 0 aromatic heterocycles. The molecule has 0 spiro atoms. The lowest BCUT2D eigenvalue weighted by atomic mass is 10.1. The highest BCUT2D eigenvalue weighted by atomic mass is 32.2. The van der Waals surface area contributed by atoms with Crippen molar-refractivity contribution in [2.24, 2.45) is 0 Å². The SMILES string of the molecule is COC[C@@H](C)NC(=O)c1ccc(N(Cc2ccccc2)S(C)(=O)=O)cc1. The number of ether oxygens (including phenoxy) is 1. The summed E-state index contributed by atoms with van der Waals surface area (Å²) in [7, 11) is -1.89. The lowest BCUT2D eigenvalue weighted by Crippen LogP contribution is -2.35. The third kappa shape index (κ3) is 5.57. The molecule has 0 heterocycles. The Hall–Kier alpha value is -2.38. The quantitative estimate of drug-likeness (QED) is 0.768. The van der Waals surface area contributed by atoms with E-state index in [4.69, 9.17) is 4.74 Å². The maximum absolute atomic E-state index is 12.2. The minimum Gasteiger partial charge on any atom is -0.383 e. The molecule has 1 amide bonds. The van der Waals surface area contributed by atoms with Crippen molar-refractivity contribution < 1.29 is 17.9 Å². The first-order valence-corrected chi connectivity index (χ1v) is 10.1. The van der Waals surface area contributed by atoms with Gasteiger partial charge in [-0.25, -0.2) is 8.42 Å². The van der Waals surface area contributed by atoms with Gasteiger partial charge in [-0.2, -0.15) is 0 Å². The molecule has 0 aliphatic carbocycles. The Morgan fingerprint density at radius 1 is 1.12 bits per heavy atom. The van der Waals surface area contributed by atoms with Crippen molar-refractivity contribution in [3.05, 3.63) is 65.7 Å². The predicted octanol–water partition coefficient (Wildman–Crippen LogP) is 2.42. The molecule has 0 radical (unpaired) electrons. The second-order valence-corrected chi connectivity index (χ2v) is 8.04. The molecule has 1 atom stereocenters. The maximum atomic E-state index is 12.2. The first-order chi connectivity index (χ1) is 12.3. The summed E-state index contributed by atoms with van der Waals surface area (Å²) in [5, 5.41) is 2.82. The average molecular weight is 376 g/mol. The molecular formula is C19H24N2O4S. The third-order valence-electron chi connectivity index (χ3n) is 3.78. The number of hydrogen-bond donors (Lipinski definition) is 1. The molecule has 2 aromatic carbocycles. The van der Waals surface area contributed by atoms with Crippen molar-refractivity contribution in [2.45, 2.75) is 19.5 Å². The maximum Gasteiger partial charge on any atom is 0.251 e. The summed E-state index contributed by atoms with van der Waals surface area (Å²) in [5.74, 6) is -0.227. The van der Waals surface area contributed by atoms with E-state index in [1.165, 1.54) is 10.6 Å². The molecule has 2 aromatic rings. The van der Waals surface area contributed by atoms with Crippen LogP contribution < -0.4 is 9.62 Å². The lowest BCUT2D eigenvalue weighted by Gasteiger charge is -2.23. The Bertz CT molecular complexity index is 820. The Morgan fingerprint density at radius 3 is 2.27 bits per heavy atom. The molecule has 0 saturated carbocycles. The zero-order chi connectivity index (χ0) is 19.2. The number of hydrogen-bond acceptors (Lipinski definition) is 4. The number of nitrogens with zero attached hydrogens (tertiary/aromatic N) is 1. The average Bonchev–Trinajstić information content (AvgIpc) is 2.60. The fraction of sp³-hybridized carbons (Fsp3) is 0.316. The molecule has 0 fully saturated rings. The van der Waals surface area contributed by atoms with E-state index in [2.05, 4.69) is 5.32 Å². The van der Waals surface area contributed by atoms with E-state index in [0.29, 0.717) is 17.9 Å². The molecule has 0 aliphatic heterocycles. The van der Waals surface area contributed by atoms with E-state index < -0.39 is 10.0 Å². The van der Waals surface area contributed by atoms with Gasteiger partial charge < -0.3 is 10.1 Å². The fourth-order valence-corrected chi connectivity index (χ4v) is 3.42. The molecule has 7 heteroatoms. The van der Waals surface area contributed by atoms with Crippen molar-refractivity contribution in [1.82, 2.24) is 5.32 Å². The Kier molecular flexibility index (Phi) is 6.76. The van der Waals surface area contributed by atoms with Gasteiger partial charge in [0.2, 0.25) is 10.0 Å². The number of benzene rings is 2. The molecule has 0 aliphatic rings. The summed E-state index contributed by atoms with van der Waals surface area (Å²) in [6.07, 6.45) is 1.17. The molecule has 140 valence electrons. The van der Waals surface area contributed by atoms with E-state index in [9.17, 15) is 13.2 Å². The van der Waals surface area contributed by atoms with Gasteiger partial charge in [-0.15, -0.1) is 0 Å². The number of rotatable bonds is 8. The summed E-state index contributed by atoms with van der Waals surface area (Å²) in [4.78, 5) is 12.2. The van der Waals surface area contributed by atoms with E-state index in [-0.39, 0.29) is 18.5 Å². The second-order valence-electron chi connectivity index (χ2n) is 6.13. The number of nitrogens with one attached hydrogen (secondary N) is 1. The van der Waals surface area contributed by atoms with Crippen LogP contribution >= 0.6 is 0 Å². The van der Waals surface area contributed by atoms with Gasteiger partial charge in [0.05, 0.1) is 25.1 Å². The van der Waals surface area contributed by atoms with E-state index in [0.717, 1.165) is 5.56 Å². The van der Waals surface area contributed by atoms with Crippen LogP contribution in [0.25, 0.3) is 0 Å². The number of amides is 1. The standard InChI is InChI=1S/C19H24N2O4S/c1-15(14-25-2)20-19(22)17-9-11-18(12-10-17)21(26(3,23)24)13-16-7-5-4-6-8-16/h4-12,15H,13-14H2,1-3H3,(H,20,22)/t15-/m1/s1. The molecule has 0 bridgehead atoms. The van der Waals surface area contributed by atoms with Crippen LogP contribution in [0.2, 0.25) is 0 Å². The third-order valence-corrected chi connectivity index (χ3v) is 4.92. The number of anilines is 1. The van der Waals surface area contributed by atoms with Gasteiger partial charge in [0.1, 0.15) is 0 Å². The summed E-state index contributed by atoms with van der Waals surface area (Å²) < 4.78 is 30.7. The highest BCUT2D eigenvalue weighted by Gasteiger charge is 2.18. The second kappa shape index (κ2) is 8.82. The summed E-state index contributed by atoms with van der Waals surface area (Å²) in [5.41, 5.74) is 1.86. The zero-order valence-corrected chi connectivity index (χ0v) is 16.0. The normalized spacial score (nSPS) is 12.4. The Labute approximate surface area is 154 Å². The summed E-state index contributed by atoms with van der Waals surface area (Å²) in [6.45, 7) is 2.50. The number of carbonyl (C=O) groups excluding carboxylic acids is 1. The molecule has 0 unspecified atom stereocenters. The lowest BCUT2D eigenvalue weighted by molar-refractivity contribution is 0.0905. The van der Waals surface area contributed by atoms with Gasteiger partial charge in [-0.1, -0.05) is 30.3 Å². The van der Waals surface area contributed by atoms with Crippen LogP contribution in [0, 0.1) is 0 Å². The van der Waals surface area contributed by atoms with E-state index in [1.54, 1.807) is 31.4 Å². The van der Waals surface area contributed by atoms with Crippen LogP contribution in [0.5, 0.6) is 0 Å². The van der Waals surface area contributed by atoms with Gasteiger partial charge in [0.15, 0.2) is 0 Å². The molecule has 1 N–H and O–H groups in total. The van der Waals surface area contributed by atoms with Crippen LogP contribution in [0.1, 0.15) is 22.8 Å². The molecule has 2 rings (SSSR count). The van der Waals surface area contributed by atoms with Gasteiger partial charge in [0.25, 0.3) is 5.91 Å². The van der Waals surface area contributed by atoms with Gasteiger partial charge in [-0.3, -0.25) is 9.10 Å². The highest BCUT2D eigenvalue weighted by molar-refractivity contribution is 7.92. The van der Waals surface area contributed by atoms with Crippen molar-refractivity contribution >= 4 is 21.6 Å². The van der Waals surface area contributed by atoms with Gasteiger partial charge in [-0.05, 0) is 36.8 Å². The zero-order valence-electron chi connectivity index (χ0n) is 15.2. The fourth-order valence-electron chi connectivity index (χ4n) is 2.53. The van der Waals surface area contributed by atoms with Crippen molar-refractivity contribution in [2.75, 3.05) is 24.3 Å². The van der Waals surface area contributed by atoms with Crippen LogP contribution in [-0.2, 0) is 21.3 Å². The van der Waals surface area contributed by atoms with E-state index >= 15 is 0 Å². The topological polar surface area (TPSA) is 75.7 Å². The van der Waals surface area contributed by atoms with Crippen molar-refractivity contribution in [1.29, 1.82) is 0 Å². The Morgan fingerprint density at radius 2 is 1.73 bits per heavy atom. The molecule has 26 heavy (non-hydrogen) atoms. The number of methoxy groups -OCH3 is 1. The number of sulfonamides is 1. The Balaban J connectivity index is 2.18. The van der Waals surface area contributed by atoms with Crippen LogP contribution in [-0.4, -0.2) is 40.3 Å². The van der Waals surface area contributed by atoms with Crippen LogP contribution in [0.3, 0.4) is 0 Å². The van der Waals surface area contributed by atoms with Crippen LogP contribution in [0.15, 0.2) is 54.6 Å². The first kappa shape index (κ1) is 19.9. The predicted molar refractivity (Wildman–Crippen MR) is 103 cm³/mol.